The third-order valence-corrected chi connectivity index (χ3v) is 3.51. The second kappa shape index (κ2) is 4.67. The Hall–Kier alpha value is -1.34. The van der Waals surface area contributed by atoms with Crippen LogP contribution in [-0.2, 0) is 17.1 Å². The van der Waals surface area contributed by atoms with E-state index < -0.39 is 10.0 Å². The molecule has 0 aliphatic rings. The first-order chi connectivity index (χ1) is 7.42. The Morgan fingerprint density at radius 3 is 2.62 bits per heavy atom. The summed E-state index contributed by atoms with van der Waals surface area (Å²) in [5.74, 6) is -0.289. The van der Waals surface area contributed by atoms with Gasteiger partial charge in [-0.3, -0.25) is 4.79 Å². The second-order valence-corrected chi connectivity index (χ2v) is 5.13. The maximum absolute atomic E-state index is 11.5. The molecule has 90 valence electrons. The Morgan fingerprint density at radius 1 is 1.50 bits per heavy atom. The zero-order valence-corrected chi connectivity index (χ0v) is 10.3. The summed E-state index contributed by atoms with van der Waals surface area (Å²) in [6, 6.07) is 1.34. The molecule has 0 aromatic carbocycles. The van der Waals surface area contributed by atoms with E-state index >= 15 is 0 Å². The largest absolute Gasteiger partial charge is 0.351 e. The van der Waals surface area contributed by atoms with Crippen LogP contribution in [0.2, 0.25) is 0 Å². The zero-order chi connectivity index (χ0) is 12.3. The van der Waals surface area contributed by atoms with Crippen LogP contribution in [0.15, 0.2) is 17.2 Å². The van der Waals surface area contributed by atoms with Crippen LogP contribution in [0.5, 0.6) is 0 Å². The van der Waals surface area contributed by atoms with E-state index in [0.717, 1.165) is 0 Å². The monoisotopic (exact) mass is 245 g/mol. The SMILES string of the molecule is CCNC(=O)c1cc(S(=O)(=O)NC)cn1C. The van der Waals surface area contributed by atoms with E-state index in [1.807, 2.05) is 0 Å². The molecule has 0 bridgehead atoms. The summed E-state index contributed by atoms with van der Waals surface area (Å²) >= 11 is 0. The van der Waals surface area contributed by atoms with Gasteiger partial charge in [0, 0.05) is 19.8 Å². The number of hydrogen-bond acceptors (Lipinski definition) is 3. The first-order valence-corrected chi connectivity index (χ1v) is 6.28. The van der Waals surface area contributed by atoms with Crippen molar-refractivity contribution in [1.29, 1.82) is 0 Å². The van der Waals surface area contributed by atoms with E-state index in [1.54, 1.807) is 14.0 Å². The maximum Gasteiger partial charge on any atom is 0.267 e. The number of nitrogens with zero attached hydrogens (tertiary/aromatic N) is 1. The maximum atomic E-state index is 11.5. The molecule has 1 aromatic heterocycles. The molecule has 7 heteroatoms. The number of amides is 1. The van der Waals surface area contributed by atoms with E-state index in [0.29, 0.717) is 12.2 Å². The standard InChI is InChI=1S/C9H15N3O3S/c1-4-11-9(13)8-5-7(6-12(8)3)16(14,15)10-2/h5-6,10H,4H2,1-3H3,(H,11,13). The normalized spacial score (nSPS) is 11.4. The van der Waals surface area contributed by atoms with Crippen LogP contribution in [0.1, 0.15) is 17.4 Å². The van der Waals surface area contributed by atoms with Crippen molar-refractivity contribution in [2.45, 2.75) is 11.8 Å². The minimum atomic E-state index is -3.50. The summed E-state index contributed by atoms with van der Waals surface area (Å²) in [5, 5.41) is 2.61. The fourth-order valence-corrected chi connectivity index (χ4v) is 2.08. The summed E-state index contributed by atoms with van der Waals surface area (Å²) in [7, 11) is -0.547. The summed E-state index contributed by atoms with van der Waals surface area (Å²) in [6.45, 7) is 2.30. The van der Waals surface area contributed by atoms with Gasteiger partial charge < -0.3 is 9.88 Å². The highest BCUT2D eigenvalue weighted by atomic mass is 32.2. The van der Waals surface area contributed by atoms with E-state index in [4.69, 9.17) is 0 Å². The van der Waals surface area contributed by atoms with Crippen molar-refractivity contribution in [1.82, 2.24) is 14.6 Å². The molecule has 16 heavy (non-hydrogen) atoms. The van der Waals surface area contributed by atoms with Crippen LogP contribution in [-0.4, -0.2) is 32.5 Å². The molecule has 1 aromatic rings. The van der Waals surface area contributed by atoms with Crippen LogP contribution in [0, 0.1) is 0 Å². The van der Waals surface area contributed by atoms with Gasteiger partial charge in [0.25, 0.3) is 5.91 Å². The van der Waals surface area contributed by atoms with Gasteiger partial charge in [0.2, 0.25) is 10.0 Å². The molecule has 0 aliphatic heterocycles. The number of carbonyl (C=O) groups is 1. The quantitative estimate of drug-likeness (QED) is 0.763. The van der Waals surface area contributed by atoms with Crippen LogP contribution in [0.25, 0.3) is 0 Å². The van der Waals surface area contributed by atoms with Crippen molar-refractivity contribution in [3.05, 3.63) is 18.0 Å². The number of sulfonamides is 1. The first-order valence-electron chi connectivity index (χ1n) is 4.80. The Kier molecular flexibility index (Phi) is 3.71. The number of aryl methyl sites for hydroxylation is 1. The highest BCUT2D eigenvalue weighted by Gasteiger charge is 2.18. The smallest absolute Gasteiger partial charge is 0.267 e. The fourth-order valence-electron chi connectivity index (χ4n) is 1.28. The predicted molar refractivity (Wildman–Crippen MR) is 59.7 cm³/mol. The van der Waals surface area contributed by atoms with Gasteiger partial charge in [-0.25, -0.2) is 13.1 Å². The summed E-state index contributed by atoms with van der Waals surface area (Å²) < 4.78 is 26.7. The van der Waals surface area contributed by atoms with Crippen molar-refractivity contribution < 1.29 is 13.2 Å². The molecule has 0 saturated heterocycles. The molecule has 0 fully saturated rings. The van der Waals surface area contributed by atoms with Crippen molar-refractivity contribution in [3.8, 4) is 0 Å². The van der Waals surface area contributed by atoms with Crippen molar-refractivity contribution in [2.75, 3.05) is 13.6 Å². The second-order valence-electron chi connectivity index (χ2n) is 3.24. The van der Waals surface area contributed by atoms with E-state index in [2.05, 4.69) is 10.0 Å². The molecular weight excluding hydrogens is 230 g/mol. The Bertz CT molecular complexity index is 490. The van der Waals surface area contributed by atoms with Crippen LogP contribution in [0.4, 0.5) is 0 Å². The lowest BCUT2D eigenvalue weighted by Crippen LogP contribution is -2.24. The zero-order valence-electron chi connectivity index (χ0n) is 9.44. The van der Waals surface area contributed by atoms with E-state index in [-0.39, 0.29) is 10.8 Å². The topological polar surface area (TPSA) is 80.2 Å². The number of rotatable bonds is 4. The molecular formula is C9H15N3O3S. The summed E-state index contributed by atoms with van der Waals surface area (Å²) in [4.78, 5) is 11.6. The molecule has 6 nitrogen and oxygen atoms in total. The van der Waals surface area contributed by atoms with Crippen LogP contribution < -0.4 is 10.0 Å². The van der Waals surface area contributed by atoms with Gasteiger partial charge in [-0.1, -0.05) is 0 Å². The van der Waals surface area contributed by atoms with Crippen molar-refractivity contribution in [2.24, 2.45) is 7.05 Å². The number of nitrogens with one attached hydrogen (secondary N) is 2. The Morgan fingerprint density at radius 2 is 2.12 bits per heavy atom. The van der Waals surface area contributed by atoms with Gasteiger partial charge in [0.15, 0.2) is 0 Å². The van der Waals surface area contributed by atoms with Crippen LogP contribution in [0.3, 0.4) is 0 Å². The molecule has 0 spiro atoms. The highest BCUT2D eigenvalue weighted by molar-refractivity contribution is 7.89. The lowest BCUT2D eigenvalue weighted by molar-refractivity contribution is 0.0947. The van der Waals surface area contributed by atoms with E-state index in [9.17, 15) is 13.2 Å². The highest BCUT2D eigenvalue weighted by Crippen LogP contribution is 2.12. The molecule has 0 unspecified atom stereocenters. The Balaban J connectivity index is 3.13. The minimum absolute atomic E-state index is 0.0822. The number of hydrogen-bond donors (Lipinski definition) is 2. The van der Waals surface area contributed by atoms with Gasteiger partial charge in [0.1, 0.15) is 10.6 Å². The predicted octanol–water partition coefficient (Wildman–Crippen LogP) is -0.317. The van der Waals surface area contributed by atoms with Gasteiger partial charge in [-0.05, 0) is 20.0 Å². The molecule has 0 saturated carbocycles. The molecule has 0 radical (unpaired) electrons. The molecule has 0 aliphatic carbocycles. The molecule has 1 rings (SSSR count). The van der Waals surface area contributed by atoms with E-state index in [1.165, 1.54) is 23.9 Å². The van der Waals surface area contributed by atoms with Crippen LogP contribution >= 0.6 is 0 Å². The number of carbonyl (C=O) groups excluding carboxylic acids is 1. The molecule has 0 atom stereocenters. The van der Waals surface area contributed by atoms with Crippen molar-refractivity contribution in [3.63, 3.8) is 0 Å². The fraction of sp³-hybridized carbons (Fsp3) is 0.444. The third kappa shape index (κ3) is 2.42. The van der Waals surface area contributed by atoms with Gasteiger partial charge >= 0.3 is 0 Å². The Labute approximate surface area is 94.7 Å². The summed E-state index contributed by atoms with van der Waals surface area (Å²) in [5.41, 5.74) is 0.315. The number of aromatic nitrogens is 1. The van der Waals surface area contributed by atoms with Gasteiger partial charge in [-0.15, -0.1) is 0 Å². The minimum Gasteiger partial charge on any atom is -0.351 e. The average Bonchev–Trinajstić information content (AvgIpc) is 2.61. The molecule has 1 amide bonds. The van der Waals surface area contributed by atoms with Crippen molar-refractivity contribution >= 4 is 15.9 Å². The lowest BCUT2D eigenvalue weighted by atomic mass is 10.4. The molecule has 2 N–H and O–H groups in total. The first kappa shape index (κ1) is 12.7. The summed E-state index contributed by atoms with van der Waals surface area (Å²) in [6.07, 6.45) is 1.40. The van der Waals surface area contributed by atoms with Gasteiger partial charge in [0.05, 0.1) is 0 Å². The average molecular weight is 245 g/mol. The molecule has 1 heterocycles. The third-order valence-electron chi connectivity index (χ3n) is 2.13. The van der Waals surface area contributed by atoms with Gasteiger partial charge in [-0.2, -0.15) is 0 Å². The lowest BCUT2D eigenvalue weighted by Gasteiger charge is -2.01.